The second kappa shape index (κ2) is 2.90. The predicted molar refractivity (Wildman–Crippen MR) is 60.3 cm³/mol. The zero-order chi connectivity index (χ0) is 9.59. The van der Waals surface area contributed by atoms with E-state index in [0.717, 1.165) is 11.7 Å². The van der Waals surface area contributed by atoms with Gasteiger partial charge in [0.25, 0.3) is 0 Å². The zero-order valence-electron chi connectivity index (χ0n) is 9.02. The van der Waals surface area contributed by atoms with Gasteiger partial charge in [-0.3, -0.25) is 0 Å². The quantitative estimate of drug-likeness (QED) is 0.571. The lowest BCUT2D eigenvalue weighted by Gasteiger charge is -2.10. The molecule has 0 bridgehead atoms. The molecule has 1 aromatic carbocycles. The molecule has 0 aromatic heterocycles. The third kappa shape index (κ3) is 1.52. The molecule has 0 N–H and O–H groups in total. The lowest BCUT2D eigenvalue weighted by atomic mass is 9.91. The summed E-state index contributed by atoms with van der Waals surface area (Å²) in [7, 11) is 2.35. The highest BCUT2D eigenvalue weighted by Crippen LogP contribution is 2.52. The molecule has 1 aliphatic rings. The molecule has 1 aromatic rings. The molecule has 0 aliphatic heterocycles. The fourth-order valence-corrected chi connectivity index (χ4v) is 2.50. The predicted octanol–water partition coefficient (Wildman–Crippen LogP) is 2.52. The summed E-state index contributed by atoms with van der Waals surface area (Å²) in [6.45, 7) is 6.68. The van der Waals surface area contributed by atoms with Crippen molar-refractivity contribution in [2.45, 2.75) is 38.9 Å². The van der Waals surface area contributed by atoms with E-state index in [-0.39, 0.29) is 0 Å². The van der Waals surface area contributed by atoms with Crippen LogP contribution in [-0.4, -0.2) is 7.85 Å². The second-order valence-corrected chi connectivity index (χ2v) is 4.63. The van der Waals surface area contributed by atoms with Crippen LogP contribution in [0, 0.1) is 20.8 Å². The Morgan fingerprint density at radius 2 is 1.62 bits per heavy atom. The molecule has 2 atom stereocenters. The highest BCUT2D eigenvalue weighted by atomic mass is 14.4. The van der Waals surface area contributed by atoms with Gasteiger partial charge in [0.05, 0.1) is 0 Å². The topological polar surface area (TPSA) is 0 Å². The van der Waals surface area contributed by atoms with Crippen LogP contribution in [0.2, 0.25) is 5.82 Å². The van der Waals surface area contributed by atoms with Gasteiger partial charge in [0, 0.05) is 0 Å². The highest BCUT2D eigenvalue weighted by molar-refractivity contribution is 6.14. The largest absolute Gasteiger partial charge is 0.106 e. The van der Waals surface area contributed by atoms with Gasteiger partial charge in [0.15, 0.2) is 0 Å². The van der Waals surface area contributed by atoms with Crippen LogP contribution in [0.5, 0.6) is 0 Å². The Kier molecular flexibility index (Phi) is 1.98. The summed E-state index contributed by atoms with van der Waals surface area (Å²) in [4.78, 5) is 0. The van der Waals surface area contributed by atoms with Crippen molar-refractivity contribution in [1.29, 1.82) is 0 Å². The normalized spacial score (nSPS) is 26.1. The smallest absolute Gasteiger partial charge is 0.0624 e. The minimum Gasteiger partial charge on any atom is -0.0624 e. The lowest BCUT2D eigenvalue weighted by molar-refractivity contribution is 1.06. The van der Waals surface area contributed by atoms with Crippen molar-refractivity contribution in [3.8, 4) is 0 Å². The Balaban J connectivity index is 2.45. The number of hydrogen-bond acceptors (Lipinski definition) is 0. The maximum absolute atomic E-state index is 2.35. The van der Waals surface area contributed by atoms with Crippen LogP contribution in [0.15, 0.2) is 12.1 Å². The van der Waals surface area contributed by atoms with Crippen LogP contribution in [0.25, 0.3) is 0 Å². The van der Waals surface area contributed by atoms with E-state index in [4.69, 9.17) is 0 Å². The molecule has 0 spiro atoms. The summed E-state index contributed by atoms with van der Waals surface area (Å²) in [5.41, 5.74) is 6.00. The number of rotatable bonds is 1. The average Bonchev–Trinajstić information content (AvgIpc) is 2.64. The molecular formula is C12H17B. The first-order valence-corrected chi connectivity index (χ1v) is 5.17. The van der Waals surface area contributed by atoms with Gasteiger partial charge in [-0.1, -0.05) is 29.9 Å². The summed E-state index contributed by atoms with van der Waals surface area (Å²) in [5.74, 6) is 1.78. The minimum atomic E-state index is 0.862. The molecule has 0 nitrogen and oxygen atoms in total. The zero-order valence-corrected chi connectivity index (χ0v) is 9.02. The number of hydrogen-bond donors (Lipinski definition) is 0. The Morgan fingerprint density at radius 3 is 2.00 bits per heavy atom. The molecule has 0 radical (unpaired) electrons. The SMILES string of the molecule is BC1CC1c1c(C)cc(C)cc1C. The molecular weight excluding hydrogens is 155 g/mol. The number of benzene rings is 1. The second-order valence-electron chi connectivity index (χ2n) is 4.63. The minimum absolute atomic E-state index is 0.862. The van der Waals surface area contributed by atoms with Gasteiger partial charge in [0.1, 0.15) is 7.85 Å². The van der Waals surface area contributed by atoms with Crippen molar-refractivity contribution in [3.63, 3.8) is 0 Å². The average molecular weight is 172 g/mol. The van der Waals surface area contributed by atoms with Crippen LogP contribution in [0.1, 0.15) is 34.6 Å². The first-order chi connectivity index (χ1) is 6.09. The van der Waals surface area contributed by atoms with Gasteiger partial charge in [0.2, 0.25) is 0 Å². The molecule has 1 aliphatic carbocycles. The molecule has 2 unspecified atom stereocenters. The van der Waals surface area contributed by atoms with Crippen LogP contribution < -0.4 is 0 Å². The third-order valence-electron chi connectivity index (χ3n) is 3.22. The Labute approximate surface area is 81.8 Å². The molecule has 1 fully saturated rings. The van der Waals surface area contributed by atoms with Gasteiger partial charge in [-0.05, 0) is 43.4 Å². The fourth-order valence-electron chi connectivity index (χ4n) is 2.50. The monoisotopic (exact) mass is 172 g/mol. The first kappa shape index (κ1) is 8.86. The number of aryl methyl sites for hydroxylation is 3. The third-order valence-corrected chi connectivity index (χ3v) is 3.22. The van der Waals surface area contributed by atoms with Gasteiger partial charge >= 0.3 is 0 Å². The molecule has 0 amide bonds. The first-order valence-electron chi connectivity index (χ1n) is 5.17. The summed E-state index contributed by atoms with van der Waals surface area (Å²) in [5, 5.41) is 0. The summed E-state index contributed by atoms with van der Waals surface area (Å²) in [6.07, 6.45) is 1.39. The van der Waals surface area contributed by atoms with Crippen molar-refractivity contribution in [3.05, 3.63) is 34.4 Å². The summed E-state index contributed by atoms with van der Waals surface area (Å²) in [6, 6.07) is 4.63. The van der Waals surface area contributed by atoms with Crippen molar-refractivity contribution >= 4 is 7.85 Å². The molecule has 0 heterocycles. The van der Waals surface area contributed by atoms with E-state index < -0.39 is 0 Å². The van der Waals surface area contributed by atoms with E-state index in [1.807, 2.05) is 0 Å². The highest BCUT2D eigenvalue weighted by Gasteiger charge is 2.35. The molecule has 2 rings (SSSR count). The van der Waals surface area contributed by atoms with Crippen LogP contribution in [0.4, 0.5) is 0 Å². The molecule has 1 saturated carbocycles. The maximum atomic E-state index is 2.35. The Hall–Kier alpha value is -0.715. The van der Waals surface area contributed by atoms with E-state index in [0.29, 0.717) is 0 Å². The summed E-state index contributed by atoms with van der Waals surface area (Å²) >= 11 is 0. The van der Waals surface area contributed by atoms with Crippen molar-refractivity contribution in [2.75, 3.05) is 0 Å². The molecule has 0 saturated heterocycles. The maximum Gasteiger partial charge on any atom is 0.106 e. The van der Waals surface area contributed by atoms with Crippen LogP contribution in [-0.2, 0) is 0 Å². The van der Waals surface area contributed by atoms with Gasteiger partial charge in [-0.25, -0.2) is 0 Å². The van der Waals surface area contributed by atoms with E-state index in [9.17, 15) is 0 Å². The molecule has 1 heteroatoms. The standard InChI is InChI=1S/C12H17B/c1-7-4-8(2)12(9(3)5-7)10-6-11(10)13/h4-5,10-11H,6,13H2,1-3H3. The van der Waals surface area contributed by atoms with Gasteiger partial charge in [-0.2, -0.15) is 0 Å². The van der Waals surface area contributed by atoms with E-state index in [2.05, 4.69) is 40.8 Å². The van der Waals surface area contributed by atoms with E-state index >= 15 is 0 Å². The van der Waals surface area contributed by atoms with Crippen molar-refractivity contribution in [1.82, 2.24) is 0 Å². The lowest BCUT2D eigenvalue weighted by Crippen LogP contribution is -1.93. The fraction of sp³-hybridized carbons (Fsp3) is 0.500. The van der Waals surface area contributed by atoms with Crippen molar-refractivity contribution in [2.24, 2.45) is 0 Å². The van der Waals surface area contributed by atoms with E-state index in [1.54, 1.807) is 5.56 Å². The van der Waals surface area contributed by atoms with Gasteiger partial charge < -0.3 is 0 Å². The molecule has 68 valence electrons. The Bertz CT molecular complexity index is 318. The molecule has 13 heavy (non-hydrogen) atoms. The van der Waals surface area contributed by atoms with Crippen molar-refractivity contribution < 1.29 is 0 Å². The Morgan fingerprint density at radius 1 is 1.15 bits per heavy atom. The van der Waals surface area contributed by atoms with Gasteiger partial charge in [-0.15, -0.1) is 0 Å². The van der Waals surface area contributed by atoms with Crippen LogP contribution in [0.3, 0.4) is 0 Å². The van der Waals surface area contributed by atoms with Crippen LogP contribution >= 0.6 is 0 Å². The van der Waals surface area contributed by atoms with E-state index in [1.165, 1.54) is 23.1 Å². The summed E-state index contributed by atoms with van der Waals surface area (Å²) < 4.78 is 0.